The summed E-state index contributed by atoms with van der Waals surface area (Å²) in [4.78, 5) is 0. The highest BCUT2D eigenvalue weighted by Gasteiger charge is 2.57. The van der Waals surface area contributed by atoms with Crippen molar-refractivity contribution in [2.45, 2.75) is 126 Å². The van der Waals surface area contributed by atoms with E-state index in [1.807, 2.05) is 83.1 Å². The van der Waals surface area contributed by atoms with Crippen LogP contribution >= 0.6 is 7.92 Å². The molecule has 54 heavy (non-hydrogen) atoms. The fourth-order valence-electron chi connectivity index (χ4n) is 7.38. The maximum absolute atomic E-state index is 14.2. The standard InChI is InChI=1S/C43H52F3O6PSi/c1-23(2)47-31-17-37-40(20-34(31)50-26(7)8)54(30-15-13-29(14-16-30)43(44,45)46)41-21-35(51-27(9)10)32(48-24(3)4)18-38(41)53(37)39-19-33(49-25(5)6)36(22-42(39)54)52-28(11)12/h13-28H,1-12H3. The SMILES string of the molecule is CC(C)Oc1cc2c(cc1OC(C)C)[Si]1(c3ccc(C(F)(F)F)cc3)c3cc(OC(C)C)c(OC(C)C)cc3P2c2cc(OC(C)C)c(OC(C)C)cc21. The number of hydrogen-bond donors (Lipinski definition) is 0. The summed E-state index contributed by atoms with van der Waals surface area (Å²) < 4.78 is 81.3. The average molecular weight is 781 g/mol. The van der Waals surface area contributed by atoms with Crippen molar-refractivity contribution in [2.75, 3.05) is 0 Å². The van der Waals surface area contributed by atoms with Crippen LogP contribution in [0.5, 0.6) is 34.5 Å². The number of hydrogen-bond acceptors (Lipinski definition) is 6. The quantitative estimate of drug-likeness (QED) is 0.0915. The maximum Gasteiger partial charge on any atom is 0.416 e. The molecule has 4 aromatic rings. The number of ether oxygens (including phenoxy) is 6. The molecular formula is C43H52F3O6PSi. The predicted octanol–water partition coefficient (Wildman–Crippen LogP) is 7.19. The minimum absolute atomic E-state index is 0.129. The van der Waals surface area contributed by atoms with Gasteiger partial charge >= 0.3 is 6.18 Å². The van der Waals surface area contributed by atoms with Crippen molar-refractivity contribution in [3.63, 3.8) is 0 Å². The zero-order valence-electron chi connectivity index (χ0n) is 33.3. The van der Waals surface area contributed by atoms with Gasteiger partial charge in [-0.2, -0.15) is 13.2 Å². The lowest BCUT2D eigenvalue weighted by atomic mass is 10.2. The van der Waals surface area contributed by atoms with E-state index in [9.17, 15) is 13.2 Å². The summed E-state index contributed by atoms with van der Waals surface area (Å²) in [6.07, 6.45) is -5.35. The van der Waals surface area contributed by atoms with Gasteiger partial charge in [0.15, 0.2) is 42.6 Å². The summed E-state index contributed by atoms with van der Waals surface area (Å²) in [6.45, 7) is 23.7. The Morgan fingerprint density at radius 2 is 0.685 bits per heavy atom. The molecule has 2 bridgehead atoms. The lowest BCUT2D eigenvalue weighted by molar-refractivity contribution is -0.137. The molecule has 0 radical (unpaired) electrons. The lowest BCUT2D eigenvalue weighted by Gasteiger charge is -2.50. The number of benzene rings is 4. The molecule has 7 rings (SSSR count). The monoisotopic (exact) mass is 780 g/mol. The van der Waals surface area contributed by atoms with Crippen LogP contribution in [0.4, 0.5) is 13.2 Å². The summed E-state index contributed by atoms with van der Waals surface area (Å²) in [6, 6.07) is 18.4. The van der Waals surface area contributed by atoms with Gasteiger partial charge in [-0.1, -0.05) is 24.3 Å². The van der Waals surface area contributed by atoms with Crippen molar-refractivity contribution < 1.29 is 41.6 Å². The van der Waals surface area contributed by atoms with Gasteiger partial charge < -0.3 is 28.4 Å². The molecule has 3 heterocycles. The molecule has 0 atom stereocenters. The molecule has 0 amide bonds. The second kappa shape index (κ2) is 15.0. The number of alkyl halides is 3. The van der Waals surface area contributed by atoms with Gasteiger partial charge in [0.1, 0.15) is 0 Å². The minimum Gasteiger partial charge on any atom is -0.487 e. The molecule has 0 spiro atoms. The third-order valence-electron chi connectivity index (χ3n) is 8.94. The van der Waals surface area contributed by atoms with E-state index in [0.717, 1.165) is 36.7 Å². The van der Waals surface area contributed by atoms with Crippen molar-refractivity contribution in [3.05, 3.63) is 66.2 Å². The molecule has 3 aliphatic rings. The van der Waals surface area contributed by atoms with E-state index in [4.69, 9.17) is 28.4 Å². The summed E-state index contributed by atoms with van der Waals surface area (Å²) >= 11 is 0. The van der Waals surface area contributed by atoms with Gasteiger partial charge in [0, 0.05) is 0 Å². The Labute approximate surface area is 320 Å². The molecule has 0 unspecified atom stereocenters. The Balaban J connectivity index is 1.82. The molecule has 6 nitrogen and oxygen atoms in total. The molecule has 0 saturated heterocycles. The molecule has 0 fully saturated rings. The third kappa shape index (κ3) is 7.40. The average Bonchev–Trinajstić information content (AvgIpc) is 3.04. The smallest absolute Gasteiger partial charge is 0.416 e. The van der Waals surface area contributed by atoms with Crippen molar-refractivity contribution in [1.82, 2.24) is 0 Å². The van der Waals surface area contributed by atoms with E-state index < -0.39 is 27.7 Å². The van der Waals surface area contributed by atoms with E-state index in [2.05, 4.69) is 36.4 Å². The highest BCUT2D eigenvalue weighted by atomic mass is 31.1. The third-order valence-corrected chi connectivity index (χ3v) is 17.0. The van der Waals surface area contributed by atoms with Crippen LogP contribution in [0.25, 0.3) is 0 Å². The summed E-state index contributed by atoms with van der Waals surface area (Å²) in [5, 5.41) is 7.14. The van der Waals surface area contributed by atoms with Crippen LogP contribution in [0, 0.1) is 0 Å². The van der Waals surface area contributed by atoms with Gasteiger partial charge in [-0.15, -0.1) is 0 Å². The Hall–Kier alpha value is -3.88. The summed E-state index contributed by atoms with van der Waals surface area (Å²) in [5.74, 6) is 3.68. The molecule has 11 heteroatoms. The van der Waals surface area contributed by atoms with E-state index in [0.29, 0.717) is 34.5 Å². The fraction of sp³-hybridized carbons (Fsp3) is 0.442. The van der Waals surface area contributed by atoms with Crippen molar-refractivity contribution in [1.29, 1.82) is 0 Å². The highest BCUT2D eigenvalue weighted by molar-refractivity contribution is 7.83. The first kappa shape index (κ1) is 39.8. The van der Waals surface area contributed by atoms with Gasteiger partial charge in [-0.05, 0) is 164 Å². The molecule has 3 aliphatic heterocycles. The maximum atomic E-state index is 14.2. The molecule has 4 aromatic carbocycles. The highest BCUT2D eigenvalue weighted by Crippen LogP contribution is 2.47. The molecule has 0 aliphatic carbocycles. The van der Waals surface area contributed by atoms with E-state index in [1.165, 1.54) is 12.1 Å². The van der Waals surface area contributed by atoms with Gasteiger partial charge in [0.25, 0.3) is 0 Å². The predicted molar refractivity (Wildman–Crippen MR) is 215 cm³/mol. The number of rotatable bonds is 13. The van der Waals surface area contributed by atoms with E-state index in [-0.39, 0.29) is 36.6 Å². The van der Waals surface area contributed by atoms with Crippen LogP contribution < -0.4 is 65.1 Å². The van der Waals surface area contributed by atoms with Crippen LogP contribution in [0.1, 0.15) is 88.6 Å². The van der Waals surface area contributed by atoms with Crippen LogP contribution in [0.2, 0.25) is 0 Å². The lowest BCUT2D eigenvalue weighted by Crippen LogP contribution is -2.86. The first-order valence-corrected chi connectivity index (χ1v) is 22.2. The normalized spacial score (nSPS) is 17.3. The van der Waals surface area contributed by atoms with Crippen LogP contribution in [0.15, 0.2) is 60.7 Å². The molecule has 0 saturated carbocycles. The van der Waals surface area contributed by atoms with Crippen molar-refractivity contribution >= 4 is 52.7 Å². The second-order valence-electron chi connectivity index (χ2n) is 15.6. The first-order chi connectivity index (χ1) is 25.3. The largest absolute Gasteiger partial charge is 0.487 e. The fourth-order valence-corrected chi connectivity index (χ4v) is 17.2. The van der Waals surface area contributed by atoms with Crippen LogP contribution in [-0.2, 0) is 6.18 Å². The summed E-state index contributed by atoms with van der Waals surface area (Å²) in [5.41, 5.74) is -0.704. The second-order valence-corrected chi connectivity index (χ2v) is 21.4. The summed E-state index contributed by atoms with van der Waals surface area (Å²) in [7, 11) is -4.78. The van der Waals surface area contributed by atoms with Crippen molar-refractivity contribution in [2.24, 2.45) is 0 Å². The van der Waals surface area contributed by atoms with Gasteiger partial charge in [0.05, 0.1) is 42.2 Å². The van der Waals surface area contributed by atoms with E-state index in [1.54, 1.807) is 12.1 Å². The zero-order valence-corrected chi connectivity index (χ0v) is 35.2. The van der Waals surface area contributed by atoms with Gasteiger partial charge in [-0.25, -0.2) is 0 Å². The Morgan fingerprint density at radius 1 is 0.426 bits per heavy atom. The topological polar surface area (TPSA) is 55.4 Å². The zero-order chi connectivity index (χ0) is 39.4. The Morgan fingerprint density at radius 3 is 0.926 bits per heavy atom. The van der Waals surface area contributed by atoms with Crippen LogP contribution in [-0.4, -0.2) is 44.7 Å². The Bertz CT molecular complexity index is 1820. The van der Waals surface area contributed by atoms with Crippen molar-refractivity contribution in [3.8, 4) is 34.5 Å². The number of halogens is 3. The Kier molecular flexibility index (Phi) is 11.0. The van der Waals surface area contributed by atoms with Gasteiger partial charge in [0.2, 0.25) is 0 Å². The van der Waals surface area contributed by atoms with Gasteiger partial charge in [-0.3, -0.25) is 0 Å². The molecular weight excluding hydrogens is 729 g/mol. The van der Waals surface area contributed by atoms with E-state index >= 15 is 0 Å². The molecule has 0 aromatic heterocycles. The molecule has 290 valence electrons. The van der Waals surface area contributed by atoms with Crippen LogP contribution in [0.3, 0.4) is 0 Å². The minimum atomic E-state index is -4.50. The molecule has 0 N–H and O–H groups in total. The first-order valence-electron chi connectivity index (χ1n) is 18.8.